The van der Waals surface area contributed by atoms with Gasteiger partial charge in [0, 0.05) is 46.3 Å². The second-order valence-electron chi connectivity index (χ2n) is 13.2. The van der Waals surface area contributed by atoms with Crippen LogP contribution in [0.3, 0.4) is 0 Å². The maximum atomic E-state index is 13.3. The van der Waals surface area contributed by atoms with Crippen molar-refractivity contribution in [2.75, 3.05) is 41.0 Å². The van der Waals surface area contributed by atoms with Gasteiger partial charge < -0.3 is 42.8 Å². The molecule has 1 saturated heterocycles. The number of amides is 1. The fourth-order valence-electron chi connectivity index (χ4n) is 5.35. The monoisotopic (exact) mass is 761 g/mol. The SMILES string of the molecule is COC(=O)C1O[C@@H](Oc2ccc(COC(=O)N(CCN(C)C)COC(C)(C)Cc3ccccc3)cc2[N+](=O)[O-])C(OC(C)=O)[C@@H](OC(C)=O)C1OC(C)=O. The molecule has 18 heteroatoms. The summed E-state index contributed by atoms with van der Waals surface area (Å²) >= 11 is 0. The van der Waals surface area contributed by atoms with Crippen LogP contribution >= 0.6 is 0 Å². The Bertz CT molecular complexity index is 1630. The van der Waals surface area contributed by atoms with Gasteiger partial charge in [0.25, 0.3) is 0 Å². The molecule has 1 fully saturated rings. The van der Waals surface area contributed by atoms with Gasteiger partial charge in [0.15, 0.2) is 24.1 Å². The zero-order valence-corrected chi connectivity index (χ0v) is 31.5. The number of likely N-dealkylation sites (N-methyl/N-ethyl adjacent to an activating group) is 1. The number of ether oxygens (including phenoxy) is 8. The van der Waals surface area contributed by atoms with E-state index in [4.69, 9.17) is 37.9 Å². The maximum absolute atomic E-state index is 13.3. The van der Waals surface area contributed by atoms with Crippen molar-refractivity contribution in [3.05, 3.63) is 69.8 Å². The fraction of sp³-hybridized carbons (Fsp3) is 0.528. The quantitative estimate of drug-likeness (QED) is 0.0745. The van der Waals surface area contributed by atoms with Gasteiger partial charge in [0.1, 0.15) is 13.3 Å². The van der Waals surface area contributed by atoms with Crippen molar-refractivity contribution in [1.82, 2.24) is 9.80 Å². The minimum atomic E-state index is -1.83. The largest absolute Gasteiger partial charge is 0.467 e. The van der Waals surface area contributed by atoms with E-state index in [0.29, 0.717) is 13.0 Å². The molecule has 3 unspecified atom stereocenters. The number of esters is 4. The third kappa shape index (κ3) is 13.0. The average Bonchev–Trinajstić information content (AvgIpc) is 3.09. The maximum Gasteiger partial charge on any atom is 0.411 e. The number of benzene rings is 2. The Hall–Kier alpha value is -5.33. The molecule has 2 aromatic rings. The topological polar surface area (TPSA) is 209 Å². The standard InChI is InChI=1S/C36H47N3O15/c1-22(40)50-29-30(51-23(2)41)32(52-24(3)42)34(54-31(29)33(43)47-8)53-28-15-14-26(18-27(28)39(45)46)20-48-35(44)38(17-16-37(6)7)21-49-36(4,5)19-25-12-10-9-11-13-25/h9-15,18,29-32,34H,16-17,19-21H2,1-8H3/t29?,30-,31?,32?,34+/m0/s1. The van der Waals surface area contributed by atoms with E-state index in [1.807, 2.05) is 63.2 Å². The van der Waals surface area contributed by atoms with Gasteiger partial charge in [-0.25, -0.2) is 9.59 Å². The van der Waals surface area contributed by atoms with Gasteiger partial charge in [0.2, 0.25) is 12.4 Å². The van der Waals surface area contributed by atoms with Crippen molar-refractivity contribution < 1.29 is 66.8 Å². The lowest BCUT2D eigenvalue weighted by Crippen LogP contribution is -2.64. The van der Waals surface area contributed by atoms with Crippen LogP contribution in [0.5, 0.6) is 5.75 Å². The number of carbonyl (C=O) groups is 5. The Balaban J connectivity index is 1.84. The first-order valence-corrected chi connectivity index (χ1v) is 16.8. The summed E-state index contributed by atoms with van der Waals surface area (Å²) < 4.78 is 43.8. The predicted molar refractivity (Wildman–Crippen MR) is 187 cm³/mol. The molecule has 0 saturated carbocycles. The van der Waals surface area contributed by atoms with E-state index in [0.717, 1.165) is 39.5 Å². The molecule has 1 aliphatic heterocycles. The van der Waals surface area contributed by atoms with Crippen LogP contribution in [0.25, 0.3) is 0 Å². The highest BCUT2D eigenvalue weighted by Gasteiger charge is 2.56. The molecule has 0 N–H and O–H groups in total. The van der Waals surface area contributed by atoms with Crippen LogP contribution in [0.2, 0.25) is 0 Å². The Labute approximate surface area is 312 Å². The molecule has 0 radical (unpaired) electrons. The molecule has 5 atom stereocenters. The Morgan fingerprint density at radius 1 is 0.852 bits per heavy atom. The first-order chi connectivity index (χ1) is 25.4. The van der Waals surface area contributed by atoms with Crippen LogP contribution in [0.15, 0.2) is 48.5 Å². The number of nitro groups is 1. The molecule has 1 heterocycles. The first-order valence-electron chi connectivity index (χ1n) is 16.8. The summed E-state index contributed by atoms with van der Waals surface area (Å²) in [6, 6.07) is 13.4. The Morgan fingerprint density at radius 2 is 1.46 bits per heavy atom. The lowest BCUT2D eigenvalue weighted by Gasteiger charge is -2.42. The number of hydrogen-bond donors (Lipinski definition) is 0. The van der Waals surface area contributed by atoms with Crippen molar-refractivity contribution in [2.24, 2.45) is 0 Å². The van der Waals surface area contributed by atoms with E-state index in [2.05, 4.69) is 0 Å². The average molecular weight is 762 g/mol. The molecule has 54 heavy (non-hydrogen) atoms. The second-order valence-corrected chi connectivity index (χ2v) is 13.2. The molecule has 2 aromatic carbocycles. The molecule has 0 bridgehead atoms. The first kappa shape index (κ1) is 43.1. The number of methoxy groups -OCH3 is 1. The lowest BCUT2D eigenvalue weighted by atomic mass is 9.97. The van der Waals surface area contributed by atoms with Gasteiger partial charge in [0.05, 0.1) is 17.6 Å². The van der Waals surface area contributed by atoms with Gasteiger partial charge in [-0.15, -0.1) is 0 Å². The molecule has 3 rings (SSSR count). The molecule has 0 aliphatic carbocycles. The zero-order valence-electron chi connectivity index (χ0n) is 31.5. The second kappa shape index (κ2) is 19.7. The predicted octanol–water partition coefficient (Wildman–Crippen LogP) is 3.16. The van der Waals surface area contributed by atoms with Gasteiger partial charge in [-0.2, -0.15) is 0 Å². The summed E-state index contributed by atoms with van der Waals surface area (Å²) in [6.45, 7) is 7.21. The fourth-order valence-corrected chi connectivity index (χ4v) is 5.35. The van der Waals surface area contributed by atoms with E-state index in [9.17, 15) is 34.1 Å². The van der Waals surface area contributed by atoms with E-state index in [1.54, 1.807) is 0 Å². The van der Waals surface area contributed by atoms with Crippen molar-refractivity contribution in [2.45, 2.75) is 84.0 Å². The molecular formula is C36H47N3O15. The zero-order chi connectivity index (χ0) is 40.2. The van der Waals surface area contributed by atoms with Crippen LogP contribution in [-0.4, -0.2) is 122 Å². The molecule has 1 amide bonds. The molecule has 296 valence electrons. The van der Waals surface area contributed by atoms with E-state index in [-0.39, 0.29) is 25.4 Å². The lowest BCUT2D eigenvalue weighted by molar-refractivity contribution is -0.387. The number of hydrogen-bond acceptors (Lipinski definition) is 16. The van der Waals surface area contributed by atoms with Crippen molar-refractivity contribution >= 4 is 35.7 Å². The summed E-state index contributed by atoms with van der Waals surface area (Å²) in [5.74, 6) is -4.22. The smallest absolute Gasteiger partial charge is 0.411 e. The third-order valence-corrected chi connectivity index (χ3v) is 7.82. The van der Waals surface area contributed by atoms with E-state index >= 15 is 0 Å². The Kier molecular flexibility index (Phi) is 15.7. The van der Waals surface area contributed by atoms with Crippen LogP contribution < -0.4 is 4.74 Å². The molecule has 0 aromatic heterocycles. The van der Waals surface area contributed by atoms with Crippen LogP contribution in [0, 0.1) is 10.1 Å². The number of nitro benzene ring substituents is 1. The highest BCUT2D eigenvalue weighted by Crippen LogP contribution is 2.35. The molecule has 0 spiro atoms. The van der Waals surface area contributed by atoms with Gasteiger partial charge >= 0.3 is 35.7 Å². The number of carbonyl (C=O) groups excluding carboxylic acids is 5. The molecule has 18 nitrogen and oxygen atoms in total. The highest BCUT2D eigenvalue weighted by atomic mass is 16.7. The minimum Gasteiger partial charge on any atom is -0.467 e. The summed E-state index contributed by atoms with van der Waals surface area (Å²) in [7, 11) is 4.72. The van der Waals surface area contributed by atoms with Crippen molar-refractivity contribution in [3.8, 4) is 5.75 Å². The van der Waals surface area contributed by atoms with E-state index < -0.39 is 82.6 Å². The number of nitrogens with zero attached hydrogens (tertiary/aromatic N) is 3. The van der Waals surface area contributed by atoms with Crippen LogP contribution in [0.4, 0.5) is 10.5 Å². The molecular weight excluding hydrogens is 714 g/mol. The van der Waals surface area contributed by atoms with Gasteiger partial charge in [-0.05, 0) is 45.1 Å². The summed E-state index contributed by atoms with van der Waals surface area (Å²) in [6.07, 6.45) is -8.75. The van der Waals surface area contributed by atoms with Crippen LogP contribution in [0.1, 0.15) is 45.7 Å². The Morgan fingerprint density at radius 3 is 2.04 bits per heavy atom. The van der Waals surface area contributed by atoms with Crippen molar-refractivity contribution in [1.29, 1.82) is 0 Å². The summed E-state index contributed by atoms with van der Waals surface area (Å²) in [5.41, 5.74) is 0.0301. The summed E-state index contributed by atoms with van der Waals surface area (Å²) in [5, 5.41) is 12.2. The van der Waals surface area contributed by atoms with Gasteiger partial charge in [-0.1, -0.05) is 36.4 Å². The van der Waals surface area contributed by atoms with Gasteiger partial charge in [-0.3, -0.25) is 29.4 Å². The van der Waals surface area contributed by atoms with E-state index in [1.165, 1.54) is 17.0 Å². The number of rotatable bonds is 17. The van der Waals surface area contributed by atoms with Crippen molar-refractivity contribution in [3.63, 3.8) is 0 Å². The normalized spacial score (nSPS) is 19.6. The third-order valence-electron chi connectivity index (χ3n) is 7.82. The van der Waals surface area contributed by atoms with Crippen LogP contribution in [-0.2, 0) is 65.4 Å². The minimum absolute atomic E-state index is 0.0798. The molecule has 1 aliphatic rings. The summed E-state index contributed by atoms with van der Waals surface area (Å²) in [4.78, 5) is 76.9. The highest BCUT2D eigenvalue weighted by molar-refractivity contribution is 5.77.